The highest BCUT2D eigenvalue weighted by Gasteiger charge is 2.06. The first-order valence-electron chi connectivity index (χ1n) is 3.01. The molecule has 0 heterocycles. The van der Waals surface area contributed by atoms with Gasteiger partial charge in [-0.25, -0.2) is 0 Å². The molecule has 0 aliphatic heterocycles. The standard InChI is InChI=1S/C8H14S/c1-5-6-7-9-8(2,3)4/h5-7H,1H2,2-4H3/b7-6-. The summed E-state index contributed by atoms with van der Waals surface area (Å²) in [5, 5.41) is 2.06. The van der Waals surface area contributed by atoms with Crippen LogP contribution in [0.25, 0.3) is 0 Å². The second-order valence-corrected chi connectivity index (χ2v) is 4.53. The molecule has 0 aromatic heterocycles. The summed E-state index contributed by atoms with van der Waals surface area (Å²) in [5.74, 6) is 0. The Morgan fingerprint density at radius 2 is 1.89 bits per heavy atom. The molecule has 0 atom stereocenters. The van der Waals surface area contributed by atoms with Crippen molar-refractivity contribution in [3.63, 3.8) is 0 Å². The summed E-state index contributed by atoms with van der Waals surface area (Å²) in [6, 6.07) is 0. The van der Waals surface area contributed by atoms with Crippen molar-refractivity contribution >= 4 is 11.8 Å². The van der Waals surface area contributed by atoms with E-state index in [1.54, 1.807) is 17.8 Å². The van der Waals surface area contributed by atoms with Crippen molar-refractivity contribution in [3.8, 4) is 0 Å². The largest absolute Gasteiger partial charge is 0.128 e. The van der Waals surface area contributed by atoms with E-state index in [4.69, 9.17) is 0 Å². The topological polar surface area (TPSA) is 0 Å². The summed E-state index contributed by atoms with van der Waals surface area (Å²) >= 11 is 1.81. The van der Waals surface area contributed by atoms with Gasteiger partial charge in [0.15, 0.2) is 0 Å². The molecule has 52 valence electrons. The van der Waals surface area contributed by atoms with E-state index in [0.717, 1.165) is 0 Å². The third kappa shape index (κ3) is 7.83. The van der Waals surface area contributed by atoms with Crippen molar-refractivity contribution in [2.45, 2.75) is 25.5 Å². The van der Waals surface area contributed by atoms with E-state index in [1.165, 1.54) is 0 Å². The Labute approximate surface area is 62.0 Å². The fourth-order valence-electron chi connectivity index (χ4n) is 0.299. The van der Waals surface area contributed by atoms with Gasteiger partial charge in [0.05, 0.1) is 0 Å². The quantitative estimate of drug-likeness (QED) is 0.533. The first-order chi connectivity index (χ1) is 4.06. The first-order valence-corrected chi connectivity index (χ1v) is 3.89. The van der Waals surface area contributed by atoms with E-state index in [-0.39, 0.29) is 0 Å². The molecule has 0 nitrogen and oxygen atoms in total. The average molecular weight is 142 g/mol. The summed E-state index contributed by atoms with van der Waals surface area (Å²) in [6.07, 6.45) is 3.74. The third-order valence-electron chi connectivity index (χ3n) is 0.636. The highest BCUT2D eigenvalue weighted by molar-refractivity contribution is 8.03. The molecule has 0 saturated heterocycles. The predicted molar refractivity (Wildman–Crippen MR) is 46.7 cm³/mol. The van der Waals surface area contributed by atoms with Gasteiger partial charge in [0.2, 0.25) is 0 Å². The van der Waals surface area contributed by atoms with Gasteiger partial charge in [-0.15, -0.1) is 11.8 Å². The van der Waals surface area contributed by atoms with Crippen LogP contribution in [-0.4, -0.2) is 4.75 Å². The van der Waals surface area contributed by atoms with Crippen molar-refractivity contribution in [3.05, 3.63) is 24.1 Å². The summed E-state index contributed by atoms with van der Waals surface area (Å²) in [4.78, 5) is 0. The number of hydrogen-bond donors (Lipinski definition) is 0. The normalized spacial score (nSPS) is 12.3. The molecule has 0 aliphatic carbocycles. The van der Waals surface area contributed by atoms with E-state index in [2.05, 4.69) is 32.8 Å². The molecule has 9 heavy (non-hydrogen) atoms. The molecule has 0 N–H and O–H groups in total. The molecule has 0 fully saturated rings. The molecular weight excluding hydrogens is 128 g/mol. The lowest BCUT2D eigenvalue weighted by Crippen LogP contribution is -2.04. The number of rotatable bonds is 2. The van der Waals surface area contributed by atoms with E-state index in [9.17, 15) is 0 Å². The molecule has 0 radical (unpaired) electrons. The molecule has 0 aromatic carbocycles. The molecule has 0 aliphatic rings. The van der Waals surface area contributed by atoms with Crippen LogP contribution in [-0.2, 0) is 0 Å². The van der Waals surface area contributed by atoms with Gasteiger partial charge in [-0.05, 0) is 5.41 Å². The lowest BCUT2D eigenvalue weighted by Gasteiger charge is -2.13. The Morgan fingerprint density at radius 3 is 2.22 bits per heavy atom. The number of hydrogen-bond acceptors (Lipinski definition) is 1. The molecule has 0 bridgehead atoms. The molecule has 0 rings (SSSR count). The first kappa shape index (κ1) is 8.83. The zero-order chi connectivity index (χ0) is 7.33. The highest BCUT2D eigenvalue weighted by atomic mass is 32.2. The summed E-state index contributed by atoms with van der Waals surface area (Å²) in [7, 11) is 0. The van der Waals surface area contributed by atoms with Crippen LogP contribution in [0.2, 0.25) is 0 Å². The van der Waals surface area contributed by atoms with Gasteiger partial charge in [-0.2, -0.15) is 0 Å². The Balaban J connectivity index is 3.50. The SMILES string of the molecule is C=C/C=C\SC(C)(C)C. The summed E-state index contributed by atoms with van der Waals surface area (Å²) < 4.78 is 0.333. The lowest BCUT2D eigenvalue weighted by molar-refractivity contribution is 0.807. The van der Waals surface area contributed by atoms with Crippen LogP contribution < -0.4 is 0 Å². The fourth-order valence-corrected chi connectivity index (χ4v) is 0.897. The number of thioether (sulfide) groups is 1. The second-order valence-electron chi connectivity index (χ2n) is 2.79. The summed E-state index contributed by atoms with van der Waals surface area (Å²) in [6.45, 7) is 10.1. The van der Waals surface area contributed by atoms with Gasteiger partial charge < -0.3 is 0 Å². The van der Waals surface area contributed by atoms with Crippen LogP contribution in [0.1, 0.15) is 20.8 Å². The van der Waals surface area contributed by atoms with E-state index < -0.39 is 0 Å². The van der Waals surface area contributed by atoms with E-state index in [1.807, 2.05) is 6.08 Å². The third-order valence-corrected chi connectivity index (χ3v) is 1.64. The molecule has 0 amide bonds. The van der Waals surface area contributed by atoms with Crippen molar-refractivity contribution < 1.29 is 0 Å². The van der Waals surface area contributed by atoms with Gasteiger partial charge in [0, 0.05) is 4.75 Å². The predicted octanol–water partition coefficient (Wildman–Crippen LogP) is 3.22. The maximum absolute atomic E-state index is 3.58. The van der Waals surface area contributed by atoms with Crippen molar-refractivity contribution in [1.29, 1.82) is 0 Å². The summed E-state index contributed by atoms with van der Waals surface area (Å²) in [5.41, 5.74) is 0. The van der Waals surface area contributed by atoms with Crippen LogP contribution in [0.15, 0.2) is 24.1 Å². The van der Waals surface area contributed by atoms with E-state index >= 15 is 0 Å². The zero-order valence-electron chi connectivity index (χ0n) is 6.35. The minimum atomic E-state index is 0.333. The minimum Gasteiger partial charge on any atom is -0.128 e. The molecule has 1 heteroatoms. The maximum atomic E-state index is 3.58. The Morgan fingerprint density at radius 1 is 1.33 bits per heavy atom. The molecule has 0 spiro atoms. The molecular formula is C8H14S. The smallest absolute Gasteiger partial charge is 0.0116 e. The number of allylic oxidation sites excluding steroid dienone is 2. The van der Waals surface area contributed by atoms with Crippen molar-refractivity contribution in [1.82, 2.24) is 0 Å². The van der Waals surface area contributed by atoms with Crippen LogP contribution in [0.4, 0.5) is 0 Å². The average Bonchev–Trinajstić information content (AvgIpc) is 1.63. The van der Waals surface area contributed by atoms with Gasteiger partial charge in [0.25, 0.3) is 0 Å². The fraction of sp³-hybridized carbons (Fsp3) is 0.500. The monoisotopic (exact) mass is 142 g/mol. The van der Waals surface area contributed by atoms with E-state index in [0.29, 0.717) is 4.75 Å². The van der Waals surface area contributed by atoms with Crippen molar-refractivity contribution in [2.75, 3.05) is 0 Å². The Bertz CT molecular complexity index is 106. The molecule has 0 saturated carbocycles. The van der Waals surface area contributed by atoms with Crippen LogP contribution in [0.5, 0.6) is 0 Å². The van der Waals surface area contributed by atoms with Crippen molar-refractivity contribution in [2.24, 2.45) is 0 Å². The second kappa shape index (κ2) is 3.78. The maximum Gasteiger partial charge on any atom is 0.0116 e. The van der Waals surface area contributed by atoms with Gasteiger partial charge in [-0.1, -0.05) is 39.5 Å². The minimum absolute atomic E-state index is 0.333. The molecule has 0 aromatic rings. The van der Waals surface area contributed by atoms with Crippen LogP contribution in [0, 0.1) is 0 Å². The van der Waals surface area contributed by atoms with Gasteiger partial charge >= 0.3 is 0 Å². The van der Waals surface area contributed by atoms with Gasteiger partial charge in [-0.3, -0.25) is 0 Å². The molecule has 0 unspecified atom stereocenters. The Hall–Kier alpha value is -0.170. The Kier molecular flexibility index (Phi) is 3.71. The van der Waals surface area contributed by atoms with Crippen LogP contribution >= 0.6 is 11.8 Å². The van der Waals surface area contributed by atoms with Crippen LogP contribution in [0.3, 0.4) is 0 Å². The van der Waals surface area contributed by atoms with Gasteiger partial charge in [0.1, 0.15) is 0 Å². The highest BCUT2D eigenvalue weighted by Crippen LogP contribution is 2.23. The zero-order valence-corrected chi connectivity index (χ0v) is 7.16. The lowest BCUT2D eigenvalue weighted by atomic mass is 10.3.